The topological polar surface area (TPSA) is 55.3 Å². The molecule has 1 aliphatic rings. The van der Waals surface area contributed by atoms with Crippen LogP contribution in [0.3, 0.4) is 0 Å². The Morgan fingerprint density at radius 3 is 2.89 bits per heavy atom. The molecule has 0 spiro atoms. The lowest BCUT2D eigenvalue weighted by Gasteiger charge is -2.26. The number of ether oxygens (including phenoxy) is 1. The highest BCUT2D eigenvalue weighted by atomic mass is 35.5. The first kappa shape index (κ1) is 14.9. The maximum atomic E-state index is 11.5. The van der Waals surface area contributed by atoms with Gasteiger partial charge in [-0.2, -0.15) is 9.36 Å². The van der Waals surface area contributed by atoms with Crippen molar-refractivity contribution >= 4 is 40.1 Å². The fraction of sp³-hybridized carbons (Fsp3) is 0.727. The summed E-state index contributed by atoms with van der Waals surface area (Å²) in [6, 6.07) is 0. The zero-order chi connectivity index (χ0) is 13.8. The Balaban J connectivity index is 1.91. The Morgan fingerprint density at radius 1 is 1.47 bits per heavy atom. The van der Waals surface area contributed by atoms with Gasteiger partial charge in [0, 0.05) is 37.4 Å². The van der Waals surface area contributed by atoms with Crippen LogP contribution in [0.15, 0.2) is 5.16 Å². The van der Waals surface area contributed by atoms with Crippen LogP contribution in [0.2, 0.25) is 0 Å². The average Bonchev–Trinajstić information content (AvgIpc) is 2.79. The molecule has 106 valence electrons. The minimum atomic E-state index is -0.0998. The third kappa shape index (κ3) is 4.22. The summed E-state index contributed by atoms with van der Waals surface area (Å²) < 4.78 is 9.87. The summed E-state index contributed by atoms with van der Waals surface area (Å²) in [7, 11) is 3.39. The van der Waals surface area contributed by atoms with Gasteiger partial charge in [-0.05, 0) is 19.3 Å². The van der Waals surface area contributed by atoms with Gasteiger partial charge in [-0.1, -0.05) is 6.42 Å². The van der Waals surface area contributed by atoms with Crippen molar-refractivity contribution in [3.8, 4) is 5.19 Å². The van der Waals surface area contributed by atoms with Crippen LogP contribution < -0.4 is 4.74 Å². The maximum absolute atomic E-state index is 11.5. The first-order valence-electron chi connectivity index (χ1n) is 6.10. The van der Waals surface area contributed by atoms with Gasteiger partial charge in [0.25, 0.3) is 10.4 Å². The Labute approximate surface area is 125 Å². The number of thioether (sulfide) groups is 1. The number of rotatable bonds is 3. The van der Waals surface area contributed by atoms with Crippen molar-refractivity contribution in [2.75, 3.05) is 14.1 Å². The lowest BCUT2D eigenvalue weighted by atomic mass is 9.97. The molecule has 1 fully saturated rings. The predicted octanol–water partition coefficient (Wildman–Crippen LogP) is 3.24. The van der Waals surface area contributed by atoms with E-state index in [-0.39, 0.29) is 16.7 Å². The van der Waals surface area contributed by atoms with Crippen LogP contribution in [0.4, 0.5) is 4.79 Å². The van der Waals surface area contributed by atoms with Crippen LogP contribution in [0.1, 0.15) is 25.7 Å². The zero-order valence-electron chi connectivity index (χ0n) is 10.8. The summed E-state index contributed by atoms with van der Waals surface area (Å²) in [5.41, 5.74) is 0. The van der Waals surface area contributed by atoms with Crippen molar-refractivity contribution in [2.45, 2.75) is 42.3 Å². The fourth-order valence-corrected chi connectivity index (χ4v) is 3.38. The van der Waals surface area contributed by atoms with Gasteiger partial charge in [0.15, 0.2) is 0 Å². The quantitative estimate of drug-likeness (QED) is 0.632. The molecule has 8 heteroatoms. The van der Waals surface area contributed by atoms with Crippen LogP contribution in [-0.4, -0.2) is 45.1 Å². The van der Waals surface area contributed by atoms with Crippen LogP contribution in [0.25, 0.3) is 0 Å². The Kier molecular flexibility index (Phi) is 5.29. The van der Waals surface area contributed by atoms with Crippen molar-refractivity contribution in [3.63, 3.8) is 0 Å². The van der Waals surface area contributed by atoms with E-state index in [9.17, 15) is 4.79 Å². The summed E-state index contributed by atoms with van der Waals surface area (Å²) in [5.74, 6) is 0. The van der Waals surface area contributed by atoms with E-state index in [2.05, 4.69) is 9.36 Å². The van der Waals surface area contributed by atoms with E-state index in [1.54, 1.807) is 14.1 Å². The van der Waals surface area contributed by atoms with Gasteiger partial charge in [-0.15, -0.1) is 11.6 Å². The molecule has 2 atom stereocenters. The van der Waals surface area contributed by atoms with Crippen LogP contribution in [-0.2, 0) is 0 Å². The van der Waals surface area contributed by atoms with E-state index >= 15 is 0 Å². The van der Waals surface area contributed by atoms with Crippen molar-refractivity contribution in [2.24, 2.45) is 0 Å². The molecule has 0 N–H and O–H groups in total. The Morgan fingerprint density at radius 2 is 2.21 bits per heavy atom. The second kappa shape index (κ2) is 6.76. The molecule has 0 aromatic carbocycles. The number of hydrogen-bond acceptors (Lipinski definition) is 6. The van der Waals surface area contributed by atoms with Crippen LogP contribution in [0.5, 0.6) is 5.19 Å². The molecule has 0 bridgehead atoms. The number of aromatic nitrogens is 2. The third-order valence-electron chi connectivity index (χ3n) is 2.81. The summed E-state index contributed by atoms with van der Waals surface area (Å²) in [6.45, 7) is 0. The number of alkyl halides is 1. The molecule has 5 nitrogen and oxygen atoms in total. The van der Waals surface area contributed by atoms with E-state index in [1.165, 1.54) is 16.4 Å². The molecular formula is C11H16ClN3O2S2. The summed E-state index contributed by atoms with van der Waals surface area (Å²) >= 11 is 8.39. The van der Waals surface area contributed by atoms with E-state index in [1.807, 2.05) is 0 Å². The molecule has 1 saturated carbocycles. The van der Waals surface area contributed by atoms with Crippen molar-refractivity contribution < 1.29 is 9.53 Å². The molecule has 2 unspecified atom stereocenters. The second-order valence-electron chi connectivity index (χ2n) is 4.56. The molecule has 1 amide bonds. The van der Waals surface area contributed by atoms with Gasteiger partial charge >= 0.3 is 0 Å². The molecule has 1 aromatic heterocycles. The lowest BCUT2D eigenvalue weighted by molar-refractivity contribution is 0.158. The highest BCUT2D eigenvalue weighted by Crippen LogP contribution is 2.29. The molecule has 0 saturated heterocycles. The molecule has 1 heterocycles. The SMILES string of the molecule is CN(C)C(=O)Sc1nsc(OC2CCCCC2Cl)n1. The molecule has 0 radical (unpaired) electrons. The fourth-order valence-electron chi connectivity index (χ4n) is 1.77. The normalized spacial score (nSPS) is 23.1. The highest BCUT2D eigenvalue weighted by molar-refractivity contribution is 8.13. The van der Waals surface area contributed by atoms with Crippen molar-refractivity contribution in [1.82, 2.24) is 14.3 Å². The van der Waals surface area contributed by atoms with Crippen LogP contribution in [0, 0.1) is 0 Å². The number of halogens is 1. The van der Waals surface area contributed by atoms with Gasteiger partial charge in [0.2, 0.25) is 5.16 Å². The molecule has 1 aliphatic carbocycles. The van der Waals surface area contributed by atoms with E-state index in [0.717, 1.165) is 37.4 Å². The van der Waals surface area contributed by atoms with E-state index in [0.29, 0.717) is 10.4 Å². The second-order valence-corrected chi connectivity index (χ2v) is 6.76. The van der Waals surface area contributed by atoms with Crippen molar-refractivity contribution in [3.05, 3.63) is 0 Å². The Bertz CT molecular complexity index is 441. The summed E-state index contributed by atoms with van der Waals surface area (Å²) in [6.07, 6.45) is 4.22. The molecule has 0 aliphatic heterocycles. The number of carbonyl (C=O) groups excluding carboxylic acids is 1. The largest absolute Gasteiger partial charge is 0.464 e. The maximum Gasteiger partial charge on any atom is 0.294 e. The first-order valence-corrected chi connectivity index (χ1v) is 8.12. The number of amides is 1. The molecule has 19 heavy (non-hydrogen) atoms. The lowest BCUT2D eigenvalue weighted by Crippen LogP contribution is -2.30. The minimum Gasteiger partial charge on any atom is -0.464 e. The van der Waals surface area contributed by atoms with Gasteiger partial charge in [0.05, 0.1) is 5.38 Å². The summed E-state index contributed by atoms with van der Waals surface area (Å²) in [4.78, 5) is 17.2. The molecule has 2 rings (SSSR count). The third-order valence-corrected chi connectivity index (χ3v) is 4.93. The van der Waals surface area contributed by atoms with Gasteiger partial charge < -0.3 is 9.64 Å². The zero-order valence-corrected chi connectivity index (χ0v) is 13.2. The average molecular weight is 322 g/mol. The summed E-state index contributed by atoms with van der Waals surface area (Å²) in [5, 5.41) is 0.863. The first-order chi connectivity index (χ1) is 9.06. The molecule has 1 aromatic rings. The van der Waals surface area contributed by atoms with E-state index in [4.69, 9.17) is 16.3 Å². The van der Waals surface area contributed by atoms with Crippen LogP contribution >= 0.6 is 34.9 Å². The van der Waals surface area contributed by atoms with Gasteiger partial charge in [0.1, 0.15) is 6.10 Å². The Hall–Kier alpha value is -0.530. The number of carbonyl (C=O) groups is 1. The number of nitrogens with zero attached hydrogens (tertiary/aromatic N) is 3. The van der Waals surface area contributed by atoms with Crippen molar-refractivity contribution in [1.29, 1.82) is 0 Å². The van der Waals surface area contributed by atoms with E-state index < -0.39 is 0 Å². The minimum absolute atomic E-state index is 0.00534. The standard InChI is InChI=1S/C11H16ClN3O2S2/c1-15(2)11(16)18-9-13-10(19-14-9)17-8-6-4-3-5-7(8)12/h7-8H,3-6H2,1-2H3. The van der Waals surface area contributed by atoms with Gasteiger partial charge in [-0.25, -0.2) is 0 Å². The number of hydrogen-bond donors (Lipinski definition) is 0. The highest BCUT2D eigenvalue weighted by Gasteiger charge is 2.26. The van der Waals surface area contributed by atoms with Gasteiger partial charge in [-0.3, -0.25) is 4.79 Å². The smallest absolute Gasteiger partial charge is 0.294 e. The molecular weight excluding hydrogens is 306 g/mol. The monoisotopic (exact) mass is 321 g/mol. The predicted molar refractivity (Wildman–Crippen MR) is 77.4 cm³/mol.